The summed E-state index contributed by atoms with van der Waals surface area (Å²) in [5.74, 6) is 1.60. The smallest absolute Gasteiger partial charge is 0.508 e. The maximum atomic E-state index is 11.4. The molecule has 37 heavy (non-hydrogen) atoms. The van der Waals surface area contributed by atoms with Crippen LogP contribution in [0.25, 0.3) is 0 Å². The number of phenolic OH excluding ortho intramolecular Hbond substituents is 1. The first-order valence-corrected chi connectivity index (χ1v) is 12.8. The first-order valence-electron chi connectivity index (χ1n) is 12.8. The van der Waals surface area contributed by atoms with E-state index >= 15 is 0 Å². The molecule has 0 aromatic heterocycles. The summed E-state index contributed by atoms with van der Waals surface area (Å²) in [7, 11) is 1.28. The Bertz CT molecular complexity index is 1140. The van der Waals surface area contributed by atoms with Gasteiger partial charge >= 0.3 is 6.16 Å². The maximum Gasteiger partial charge on any atom is 0.513 e. The fourth-order valence-electron chi connectivity index (χ4n) is 4.70. The van der Waals surface area contributed by atoms with Crippen molar-refractivity contribution >= 4 is 12.1 Å². The minimum atomic E-state index is -0.734. The van der Waals surface area contributed by atoms with E-state index in [1.165, 1.54) is 25.2 Å². The van der Waals surface area contributed by atoms with Crippen molar-refractivity contribution in [2.45, 2.75) is 64.3 Å². The van der Waals surface area contributed by atoms with E-state index in [2.05, 4.69) is 48.2 Å². The van der Waals surface area contributed by atoms with Crippen LogP contribution in [0.4, 0.5) is 4.79 Å². The first-order chi connectivity index (χ1) is 17.8. The number of methoxy groups -OCH3 is 1. The Morgan fingerprint density at radius 1 is 0.838 bits per heavy atom. The highest BCUT2D eigenvalue weighted by molar-refractivity contribution is 5.72. The molecular formula is C31H37NO5. The topological polar surface area (TPSA) is 84.9 Å². The van der Waals surface area contributed by atoms with Gasteiger partial charge in [0, 0.05) is 13.5 Å². The van der Waals surface area contributed by atoms with Gasteiger partial charge in [0.25, 0.3) is 0 Å². The summed E-state index contributed by atoms with van der Waals surface area (Å²) in [6.45, 7) is 6.48. The van der Waals surface area contributed by atoms with E-state index in [4.69, 9.17) is 4.74 Å². The summed E-state index contributed by atoms with van der Waals surface area (Å²) in [6, 6.07) is 23.6. The zero-order chi connectivity index (χ0) is 26.8. The van der Waals surface area contributed by atoms with Crippen molar-refractivity contribution in [3.63, 3.8) is 0 Å². The Morgan fingerprint density at radius 2 is 1.41 bits per heavy atom. The van der Waals surface area contributed by atoms with Crippen LogP contribution in [0.5, 0.6) is 11.5 Å². The minimum absolute atomic E-state index is 0.0352. The number of nitrogens with one attached hydrogen (secondary N) is 1. The van der Waals surface area contributed by atoms with Gasteiger partial charge in [-0.05, 0) is 83.5 Å². The normalized spacial score (nSPS) is 13.3. The maximum absolute atomic E-state index is 11.4. The minimum Gasteiger partial charge on any atom is -0.508 e. The highest BCUT2D eigenvalue weighted by Gasteiger charge is 2.22. The lowest BCUT2D eigenvalue weighted by molar-refractivity contribution is -0.119. The molecule has 0 aliphatic rings. The third-order valence-corrected chi connectivity index (χ3v) is 6.87. The number of aromatic hydroxyl groups is 1. The molecule has 3 rings (SSSR count). The van der Waals surface area contributed by atoms with E-state index < -0.39 is 6.16 Å². The molecule has 0 bridgehead atoms. The Labute approximate surface area is 219 Å². The van der Waals surface area contributed by atoms with Gasteiger partial charge in [-0.2, -0.15) is 0 Å². The van der Waals surface area contributed by atoms with E-state index in [0.717, 1.165) is 30.4 Å². The number of hydrogen-bond donors (Lipinski definition) is 2. The van der Waals surface area contributed by atoms with Crippen molar-refractivity contribution in [3.8, 4) is 11.5 Å². The van der Waals surface area contributed by atoms with Gasteiger partial charge < -0.3 is 19.9 Å². The van der Waals surface area contributed by atoms with Crippen LogP contribution in [0.2, 0.25) is 0 Å². The average molecular weight is 504 g/mol. The van der Waals surface area contributed by atoms with Crippen molar-refractivity contribution in [3.05, 3.63) is 95.1 Å². The molecule has 196 valence electrons. The highest BCUT2D eigenvalue weighted by atomic mass is 16.7. The lowest BCUT2D eigenvalue weighted by Gasteiger charge is -2.27. The quantitative estimate of drug-likeness (QED) is 0.217. The van der Waals surface area contributed by atoms with Gasteiger partial charge in [-0.25, -0.2) is 4.79 Å². The van der Waals surface area contributed by atoms with E-state index in [1.807, 2.05) is 24.3 Å². The fourth-order valence-corrected chi connectivity index (χ4v) is 4.70. The van der Waals surface area contributed by atoms with Crippen LogP contribution in [-0.2, 0) is 16.1 Å². The predicted octanol–water partition coefficient (Wildman–Crippen LogP) is 7.03. The van der Waals surface area contributed by atoms with Crippen LogP contribution in [0.3, 0.4) is 0 Å². The zero-order valence-electron chi connectivity index (χ0n) is 22.1. The number of phenols is 1. The highest BCUT2D eigenvalue weighted by Crippen LogP contribution is 2.39. The molecule has 3 aromatic carbocycles. The van der Waals surface area contributed by atoms with E-state index in [1.54, 1.807) is 24.3 Å². The molecule has 2 N–H and O–H groups in total. The van der Waals surface area contributed by atoms with Crippen LogP contribution >= 0.6 is 0 Å². The third kappa shape index (κ3) is 8.38. The zero-order valence-corrected chi connectivity index (χ0v) is 22.1. The lowest BCUT2D eigenvalue weighted by atomic mass is 9.78. The standard InChI is InChI=1S/C31H37NO5/c1-5-24(26-8-6-23(7-9-26)20-32-22(3)33)19-28(27-10-14-29(34)15-11-27)18-21(2)25-12-16-30(17-13-25)37-31(35)36-4/h6-17,21,24,28,34H,5,18-20H2,1-4H3,(H,32,33). The number of carbonyl (C=O) groups is 2. The van der Waals surface area contributed by atoms with Crippen LogP contribution in [0.15, 0.2) is 72.8 Å². The number of benzene rings is 3. The van der Waals surface area contributed by atoms with Gasteiger partial charge in [0.1, 0.15) is 11.5 Å². The van der Waals surface area contributed by atoms with Crippen LogP contribution < -0.4 is 10.1 Å². The molecule has 0 saturated heterocycles. The van der Waals surface area contributed by atoms with Gasteiger partial charge in [0.15, 0.2) is 0 Å². The number of rotatable bonds is 11. The molecule has 0 aliphatic carbocycles. The van der Waals surface area contributed by atoms with Crippen LogP contribution in [-0.4, -0.2) is 24.3 Å². The SMILES string of the molecule is CCC(CC(CC(C)c1ccc(OC(=O)OC)cc1)c1ccc(O)cc1)c1ccc(CNC(C)=O)cc1. The van der Waals surface area contributed by atoms with Gasteiger partial charge in [-0.15, -0.1) is 0 Å². The number of hydrogen-bond acceptors (Lipinski definition) is 5. The molecule has 3 unspecified atom stereocenters. The predicted molar refractivity (Wildman–Crippen MR) is 145 cm³/mol. The van der Waals surface area contributed by atoms with Crippen LogP contribution in [0, 0.1) is 0 Å². The Kier molecular flexibility index (Phi) is 10.1. The number of carbonyl (C=O) groups excluding carboxylic acids is 2. The van der Waals surface area contributed by atoms with Gasteiger partial charge in [0.05, 0.1) is 7.11 Å². The Morgan fingerprint density at radius 3 is 1.97 bits per heavy atom. The summed E-state index contributed by atoms with van der Waals surface area (Å²) in [5.41, 5.74) is 4.74. The summed E-state index contributed by atoms with van der Waals surface area (Å²) >= 11 is 0. The van der Waals surface area contributed by atoms with Gasteiger partial charge in [-0.3, -0.25) is 4.79 Å². The first kappa shape index (κ1) is 27.8. The molecule has 1 amide bonds. The average Bonchev–Trinajstić information content (AvgIpc) is 2.91. The second-order valence-electron chi connectivity index (χ2n) is 9.54. The van der Waals surface area contributed by atoms with Crippen LogP contribution in [0.1, 0.15) is 80.0 Å². The molecule has 0 saturated carbocycles. The summed E-state index contributed by atoms with van der Waals surface area (Å²) in [6.07, 6.45) is 2.18. The fraction of sp³-hybridized carbons (Fsp3) is 0.355. The summed E-state index contributed by atoms with van der Waals surface area (Å²) in [4.78, 5) is 22.6. The van der Waals surface area contributed by atoms with Crippen molar-refractivity contribution in [1.82, 2.24) is 5.32 Å². The summed E-state index contributed by atoms with van der Waals surface area (Å²) < 4.78 is 9.66. The molecule has 0 fully saturated rings. The molecule has 0 radical (unpaired) electrons. The number of amides is 1. The van der Waals surface area contributed by atoms with Gasteiger partial charge in [-0.1, -0.05) is 62.4 Å². The van der Waals surface area contributed by atoms with Crippen molar-refractivity contribution in [2.24, 2.45) is 0 Å². The number of ether oxygens (including phenoxy) is 2. The van der Waals surface area contributed by atoms with E-state index in [-0.39, 0.29) is 23.5 Å². The lowest BCUT2D eigenvalue weighted by Crippen LogP contribution is -2.18. The van der Waals surface area contributed by atoms with Crippen molar-refractivity contribution in [1.29, 1.82) is 0 Å². The molecule has 0 aliphatic heterocycles. The molecule has 3 atom stereocenters. The molecule has 0 heterocycles. The second kappa shape index (κ2) is 13.5. The van der Waals surface area contributed by atoms with Gasteiger partial charge in [0.2, 0.25) is 5.91 Å². The molecule has 3 aromatic rings. The van der Waals surface area contributed by atoms with Crippen molar-refractivity contribution in [2.75, 3.05) is 7.11 Å². The van der Waals surface area contributed by atoms with E-state index in [9.17, 15) is 14.7 Å². The molecule has 0 spiro atoms. The summed E-state index contributed by atoms with van der Waals surface area (Å²) in [5, 5.41) is 12.7. The molecule has 6 heteroatoms. The molecule has 6 nitrogen and oxygen atoms in total. The monoisotopic (exact) mass is 503 g/mol. The molecular weight excluding hydrogens is 466 g/mol. The van der Waals surface area contributed by atoms with E-state index in [0.29, 0.717) is 18.2 Å². The van der Waals surface area contributed by atoms with Crippen molar-refractivity contribution < 1.29 is 24.2 Å². The second-order valence-corrected chi connectivity index (χ2v) is 9.54. The largest absolute Gasteiger partial charge is 0.513 e. The Balaban J connectivity index is 1.77. The third-order valence-electron chi connectivity index (χ3n) is 6.87. The Hall–Kier alpha value is -3.80.